The third-order valence-corrected chi connectivity index (χ3v) is 6.49. The van der Waals surface area contributed by atoms with Gasteiger partial charge in [-0.15, -0.1) is 0 Å². The summed E-state index contributed by atoms with van der Waals surface area (Å²) in [4.78, 5) is 45.3. The fraction of sp³-hybridized carbons (Fsp3) is 0.500. The first kappa shape index (κ1) is 27.2. The molecule has 3 amide bonds. The monoisotopic (exact) mass is 494 g/mol. The summed E-state index contributed by atoms with van der Waals surface area (Å²) >= 11 is 0. The number of hydrogen-bond donors (Lipinski definition) is 1. The van der Waals surface area contributed by atoms with Crippen LogP contribution in [-0.4, -0.2) is 55.5 Å². The number of imidazole rings is 1. The molecule has 1 aromatic carbocycles. The number of carboxylic acid groups (broad SMARTS) is 1. The van der Waals surface area contributed by atoms with Crippen LogP contribution in [-0.2, 0) is 17.8 Å². The first-order valence-corrected chi connectivity index (χ1v) is 13.1. The Morgan fingerprint density at radius 3 is 2.22 bits per heavy atom. The van der Waals surface area contributed by atoms with Gasteiger partial charge in [0, 0.05) is 26.1 Å². The van der Waals surface area contributed by atoms with Crippen molar-refractivity contribution in [3.05, 3.63) is 58.8 Å². The van der Waals surface area contributed by atoms with Crippen molar-refractivity contribution in [3.8, 4) is 0 Å². The third-order valence-electron chi connectivity index (χ3n) is 6.49. The van der Waals surface area contributed by atoms with Gasteiger partial charge in [-0.25, -0.2) is 14.6 Å². The van der Waals surface area contributed by atoms with Gasteiger partial charge in [0.05, 0.1) is 17.5 Å². The Hall–Kier alpha value is -3.42. The molecule has 0 spiro atoms. The third kappa shape index (κ3) is 6.42. The highest BCUT2D eigenvalue weighted by Gasteiger charge is 2.40. The van der Waals surface area contributed by atoms with E-state index in [1.54, 1.807) is 41.4 Å². The second-order valence-corrected chi connectivity index (χ2v) is 9.27. The van der Waals surface area contributed by atoms with Crippen molar-refractivity contribution in [3.63, 3.8) is 0 Å². The zero-order valence-corrected chi connectivity index (χ0v) is 21.7. The molecule has 2 heterocycles. The summed E-state index contributed by atoms with van der Waals surface area (Å²) in [5.74, 6) is -0.305. The molecule has 194 valence electrons. The first-order valence-electron chi connectivity index (χ1n) is 13.1. The zero-order chi connectivity index (χ0) is 26.1. The fourth-order valence-corrected chi connectivity index (χ4v) is 4.31. The molecule has 1 aliphatic heterocycles. The minimum Gasteiger partial charge on any atom is -0.478 e. The van der Waals surface area contributed by atoms with E-state index in [0.29, 0.717) is 25.3 Å². The lowest BCUT2D eigenvalue weighted by molar-refractivity contribution is -0.123. The number of hydrogen-bond acceptors (Lipinski definition) is 4. The van der Waals surface area contributed by atoms with Gasteiger partial charge in [-0.1, -0.05) is 58.6 Å². The topological polar surface area (TPSA) is 95.7 Å². The number of rotatable bonds is 14. The van der Waals surface area contributed by atoms with E-state index in [-0.39, 0.29) is 17.5 Å². The predicted octanol–water partition coefficient (Wildman–Crippen LogP) is 5.57. The molecule has 0 atom stereocenters. The summed E-state index contributed by atoms with van der Waals surface area (Å²) < 4.78 is 2.06. The van der Waals surface area contributed by atoms with Crippen molar-refractivity contribution >= 4 is 24.0 Å². The number of aryl methyl sites for hydroxylation is 1. The number of amides is 3. The van der Waals surface area contributed by atoms with Crippen LogP contribution in [0.1, 0.15) is 93.2 Å². The molecule has 1 aliphatic rings. The molecule has 0 radical (unpaired) electrons. The lowest BCUT2D eigenvalue weighted by Crippen LogP contribution is -2.34. The molecule has 1 N–H and O–H groups in total. The summed E-state index contributed by atoms with van der Waals surface area (Å²) in [7, 11) is 0. The predicted molar refractivity (Wildman–Crippen MR) is 140 cm³/mol. The van der Waals surface area contributed by atoms with Gasteiger partial charge < -0.3 is 9.67 Å². The molecule has 8 nitrogen and oxygen atoms in total. The number of carboxylic acids is 1. The Bertz CT molecular complexity index is 1090. The van der Waals surface area contributed by atoms with Crippen molar-refractivity contribution in [2.24, 2.45) is 0 Å². The summed E-state index contributed by atoms with van der Waals surface area (Å²) in [5.41, 5.74) is 2.34. The van der Waals surface area contributed by atoms with Crippen LogP contribution in [0.15, 0.2) is 36.2 Å². The van der Waals surface area contributed by atoms with Gasteiger partial charge in [-0.3, -0.25) is 14.6 Å². The molecule has 1 aromatic heterocycles. The van der Waals surface area contributed by atoms with Crippen molar-refractivity contribution in [2.45, 2.75) is 78.7 Å². The number of unbranched alkanes of at least 4 members (excludes halogenated alkanes) is 4. The first-order chi connectivity index (χ1) is 17.4. The Balaban J connectivity index is 1.98. The van der Waals surface area contributed by atoms with Gasteiger partial charge in [0.25, 0.3) is 5.91 Å². The van der Waals surface area contributed by atoms with Crippen LogP contribution in [0.25, 0.3) is 6.08 Å². The summed E-state index contributed by atoms with van der Waals surface area (Å²) in [6.07, 6.45) is 10.9. The number of aromatic nitrogens is 2. The Kier molecular flexibility index (Phi) is 9.85. The van der Waals surface area contributed by atoms with Crippen molar-refractivity contribution in [1.29, 1.82) is 0 Å². The molecule has 0 aliphatic carbocycles. The van der Waals surface area contributed by atoms with Crippen LogP contribution in [0.3, 0.4) is 0 Å². The van der Waals surface area contributed by atoms with E-state index in [2.05, 4.69) is 23.4 Å². The van der Waals surface area contributed by atoms with E-state index in [1.807, 2.05) is 6.92 Å². The normalized spacial score (nSPS) is 14.9. The van der Waals surface area contributed by atoms with E-state index < -0.39 is 5.97 Å². The SMILES string of the molecule is CCCCCN1C(=O)N(CCCC)C(=O)/C1=C/c1cnc(CCCC)n1Cc1ccc(C(=O)O)cc1. The highest BCUT2D eigenvalue weighted by molar-refractivity contribution is 6.13. The zero-order valence-electron chi connectivity index (χ0n) is 21.7. The van der Waals surface area contributed by atoms with Crippen LogP contribution < -0.4 is 0 Å². The molecule has 0 saturated carbocycles. The van der Waals surface area contributed by atoms with E-state index in [4.69, 9.17) is 0 Å². The van der Waals surface area contributed by atoms with Crippen LogP contribution in [0.4, 0.5) is 4.79 Å². The molecule has 1 fully saturated rings. The van der Waals surface area contributed by atoms with Crippen LogP contribution in [0, 0.1) is 0 Å². The quantitative estimate of drug-likeness (QED) is 0.210. The number of urea groups is 1. The maximum atomic E-state index is 13.3. The number of benzene rings is 1. The molecule has 3 rings (SSSR count). The van der Waals surface area contributed by atoms with E-state index in [9.17, 15) is 19.5 Å². The number of imide groups is 1. The minimum absolute atomic E-state index is 0.239. The maximum Gasteiger partial charge on any atom is 0.335 e. The van der Waals surface area contributed by atoms with Crippen LogP contribution in [0.5, 0.6) is 0 Å². The lowest BCUT2D eigenvalue weighted by atomic mass is 10.1. The molecule has 0 bridgehead atoms. The largest absolute Gasteiger partial charge is 0.478 e. The molecular weight excluding hydrogens is 456 g/mol. The minimum atomic E-state index is -0.960. The van der Waals surface area contributed by atoms with E-state index in [0.717, 1.165) is 68.4 Å². The highest BCUT2D eigenvalue weighted by Crippen LogP contribution is 2.26. The van der Waals surface area contributed by atoms with Crippen LogP contribution in [0.2, 0.25) is 0 Å². The average Bonchev–Trinajstić information content (AvgIpc) is 3.34. The molecule has 1 saturated heterocycles. The Labute approximate surface area is 213 Å². The van der Waals surface area contributed by atoms with Gasteiger partial charge in [-0.2, -0.15) is 0 Å². The van der Waals surface area contributed by atoms with Crippen molar-refractivity contribution in [1.82, 2.24) is 19.4 Å². The van der Waals surface area contributed by atoms with Gasteiger partial charge >= 0.3 is 12.0 Å². The van der Waals surface area contributed by atoms with Gasteiger partial charge in [0.1, 0.15) is 11.5 Å². The Morgan fingerprint density at radius 2 is 1.58 bits per heavy atom. The maximum absolute atomic E-state index is 13.3. The van der Waals surface area contributed by atoms with E-state index in [1.165, 1.54) is 4.90 Å². The average molecular weight is 495 g/mol. The van der Waals surface area contributed by atoms with Gasteiger partial charge in [0.2, 0.25) is 0 Å². The fourth-order valence-electron chi connectivity index (χ4n) is 4.31. The smallest absolute Gasteiger partial charge is 0.335 e. The van der Waals surface area contributed by atoms with Gasteiger partial charge in [0.15, 0.2) is 0 Å². The van der Waals surface area contributed by atoms with E-state index >= 15 is 0 Å². The number of carbonyl (C=O) groups excluding carboxylic acids is 2. The van der Waals surface area contributed by atoms with Crippen LogP contribution >= 0.6 is 0 Å². The molecule has 8 heteroatoms. The number of carbonyl (C=O) groups is 3. The molecule has 36 heavy (non-hydrogen) atoms. The van der Waals surface area contributed by atoms with Gasteiger partial charge in [-0.05, 0) is 43.0 Å². The summed E-state index contributed by atoms with van der Waals surface area (Å²) in [5, 5.41) is 9.21. The molecule has 0 unspecified atom stereocenters. The summed E-state index contributed by atoms with van der Waals surface area (Å²) in [6.45, 7) is 7.71. The second-order valence-electron chi connectivity index (χ2n) is 9.27. The molecular formula is C28H38N4O4. The lowest BCUT2D eigenvalue weighted by Gasteiger charge is -2.17. The summed E-state index contributed by atoms with van der Waals surface area (Å²) in [6, 6.07) is 6.56. The number of nitrogens with zero attached hydrogens (tertiary/aromatic N) is 4. The Morgan fingerprint density at radius 1 is 0.917 bits per heavy atom. The molecule has 2 aromatic rings. The second kappa shape index (κ2) is 13.0. The van der Waals surface area contributed by atoms with Crippen molar-refractivity contribution < 1.29 is 19.5 Å². The highest BCUT2D eigenvalue weighted by atomic mass is 16.4. The van der Waals surface area contributed by atoms with Crippen molar-refractivity contribution in [2.75, 3.05) is 13.1 Å². The standard InChI is InChI=1S/C28H38N4O4/c1-4-7-10-17-30-24(26(33)31(28(30)36)16-9-6-3)18-23-19-29-25(11-8-5-2)32(23)20-21-12-14-22(15-13-21)27(34)35/h12-15,18-19H,4-11,16-17,20H2,1-3H3,(H,34,35)/b24-18-. The number of aromatic carboxylic acids is 1.